The van der Waals surface area contributed by atoms with Gasteiger partial charge in [-0.1, -0.05) is 6.07 Å². The number of carbonyl (C=O) groups excluding carboxylic acids is 1. The number of benzene rings is 1. The second-order valence-electron chi connectivity index (χ2n) is 7.34. The van der Waals surface area contributed by atoms with Gasteiger partial charge in [0, 0.05) is 12.5 Å². The van der Waals surface area contributed by atoms with E-state index in [0.29, 0.717) is 41.2 Å². The summed E-state index contributed by atoms with van der Waals surface area (Å²) in [6.07, 6.45) is 1.13. The Morgan fingerprint density at radius 1 is 1.09 bits per heavy atom. The number of ether oxygens (including phenoxy) is 3. The summed E-state index contributed by atoms with van der Waals surface area (Å²) in [6.45, 7) is 1.02. The fourth-order valence-corrected chi connectivity index (χ4v) is 4.02. The Hall–Kier alpha value is -3.75. The van der Waals surface area contributed by atoms with E-state index in [1.165, 1.54) is 27.2 Å². The van der Waals surface area contributed by atoms with Crippen LogP contribution in [0.1, 0.15) is 30.5 Å². The smallest absolute Gasteiger partial charge is 0.322 e. The lowest BCUT2D eigenvalue weighted by molar-refractivity contribution is -0.135. The molecule has 0 unspecified atom stereocenters. The van der Waals surface area contributed by atoms with Crippen LogP contribution in [0, 0.1) is 0 Å². The van der Waals surface area contributed by atoms with Gasteiger partial charge in [0.15, 0.2) is 11.5 Å². The predicted molar refractivity (Wildman–Crippen MR) is 119 cm³/mol. The summed E-state index contributed by atoms with van der Waals surface area (Å²) in [5, 5.41) is 14.5. The van der Waals surface area contributed by atoms with Gasteiger partial charge in [-0.25, -0.2) is 0 Å². The van der Waals surface area contributed by atoms with Crippen molar-refractivity contribution in [2.45, 2.75) is 25.8 Å². The van der Waals surface area contributed by atoms with E-state index in [9.17, 15) is 14.4 Å². The molecule has 0 spiro atoms. The summed E-state index contributed by atoms with van der Waals surface area (Å²) < 4.78 is 16.7. The zero-order chi connectivity index (χ0) is 23.4. The molecule has 0 fully saturated rings. The van der Waals surface area contributed by atoms with Gasteiger partial charge < -0.3 is 30.0 Å². The summed E-state index contributed by atoms with van der Waals surface area (Å²) in [7, 11) is 4.58. The number of carboxylic acids is 1. The minimum Gasteiger partial charge on any atom is -0.493 e. The number of hydrogen-bond donors (Lipinski definition) is 3. The number of anilines is 1. The van der Waals surface area contributed by atoms with E-state index >= 15 is 0 Å². The number of carboxylic acid groups (broad SMARTS) is 1. The third-order valence-electron chi connectivity index (χ3n) is 5.35. The highest BCUT2D eigenvalue weighted by Crippen LogP contribution is 2.50. The lowest BCUT2D eigenvalue weighted by Crippen LogP contribution is -2.26. The van der Waals surface area contributed by atoms with Crippen molar-refractivity contribution < 1.29 is 28.9 Å². The summed E-state index contributed by atoms with van der Waals surface area (Å²) in [5.41, 5.74) is 2.68. The molecule has 170 valence electrons. The van der Waals surface area contributed by atoms with Crippen molar-refractivity contribution in [1.82, 2.24) is 5.32 Å². The number of aliphatic carboxylic acids is 1. The van der Waals surface area contributed by atoms with E-state index in [4.69, 9.17) is 19.3 Å². The number of rotatable bonds is 7. The first-order chi connectivity index (χ1) is 15.3. The highest BCUT2D eigenvalue weighted by atomic mass is 16.5. The van der Waals surface area contributed by atoms with Crippen molar-refractivity contribution in [3.63, 3.8) is 0 Å². The molecule has 0 bridgehead atoms. The summed E-state index contributed by atoms with van der Waals surface area (Å²) >= 11 is 0. The quantitative estimate of drug-likeness (QED) is 0.597. The molecule has 0 aromatic heterocycles. The maximum Gasteiger partial charge on any atom is 0.322 e. The van der Waals surface area contributed by atoms with E-state index in [-0.39, 0.29) is 17.0 Å². The summed E-state index contributed by atoms with van der Waals surface area (Å²) in [5.74, 6) is 0.0620. The van der Waals surface area contributed by atoms with Crippen LogP contribution in [0.5, 0.6) is 17.2 Å². The molecule has 9 nitrogen and oxygen atoms in total. The topological polar surface area (TPSA) is 123 Å². The number of fused-ring (bicyclic) bond motifs is 3. The van der Waals surface area contributed by atoms with Gasteiger partial charge in [0.25, 0.3) is 0 Å². The lowest BCUT2D eigenvalue weighted by Gasteiger charge is -2.19. The molecule has 0 saturated carbocycles. The molecule has 1 amide bonds. The van der Waals surface area contributed by atoms with Crippen molar-refractivity contribution in [2.75, 3.05) is 33.2 Å². The minimum atomic E-state index is -1.09. The van der Waals surface area contributed by atoms with Crippen LogP contribution in [0.4, 0.5) is 5.69 Å². The van der Waals surface area contributed by atoms with Gasteiger partial charge in [0.2, 0.25) is 17.1 Å². The van der Waals surface area contributed by atoms with E-state index in [2.05, 4.69) is 10.6 Å². The Kier molecular flexibility index (Phi) is 6.87. The van der Waals surface area contributed by atoms with E-state index in [0.717, 1.165) is 11.1 Å². The molecular weight excluding hydrogens is 416 g/mol. The molecule has 3 rings (SSSR count). The standard InChI is InChI=1S/C23H26N2O7/c1-12(26)25-16-7-5-13-9-19(30-2)22(31-3)23(32-4)21(13)14-6-8-17(24-11-20(28)29)18(27)10-15(14)16/h6,8-10,16H,5,7,11H2,1-4H3,(H,24,27)(H,25,26)(H,28,29)/t16-/m1/s1. The third-order valence-corrected chi connectivity index (χ3v) is 5.35. The number of carbonyl (C=O) groups is 2. The molecule has 0 saturated heterocycles. The number of aryl methyl sites for hydroxylation is 1. The molecule has 0 aliphatic heterocycles. The molecule has 0 heterocycles. The minimum absolute atomic E-state index is 0.142. The predicted octanol–water partition coefficient (Wildman–Crippen LogP) is 2.36. The second kappa shape index (κ2) is 9.59. The average molecular weight is 442 g/mol. The number of nitrogens with one attached hydrogen (secondary N) is 2. The SMILES string of the molecule is COc1cc2c(c(OC)c1OC)-c1ccc(NCC(=O)O)c(=O)cc1[C@H](NC(C)=O)CC2. The molecule has 2 aromatic rings. The van der Waals surface area contributed by atoms with E-state index in [1.54, 1.807) is 19.2 Å². The Balaban J connectivity index is 2.34. The van der Waals surface area contributed by atoms with Gasteiger partial charge in [-0.3, -0.25) is 14.4 Å². The third kappa shape index (κ3) is 4.46. The fraction of sp³-hybridized carbons (Fsp3) is 0.348. The Morgan fingerprint density at radius 2 is 1.81 bits per heavy atom. The van der Waals surface area contributed by atoms with Crippen LogP contribution < -0.4 is 30.3 Å². The van der Waals surface area contributed by atoms with Crippen LogP contribution in [-0.4, -0.2) is 44.9 Å². The first-order valence-electron chi connectivity index (χ1n) is 10.0. The van der Waals surface area contributed by atoms with Gasteiger partial charge in [-0.15, -0.1) is 0 Å². The molecule has 3 N–H and O–H groups in total. The van der Waals surface area contributed by atoms with Crippen molar-refractivity contribution >= 4 is 17.6 Å². The Morgan fingerprint density at radius 3 is 2.41 bits per heavy atom. The maximum absolute atomic E-state index is 12.9. The fourth-order valence-electron chi connectivity index (χ4n) is 4.02. The Bertz CT molecular complexity index is 1110. The van der Waals surface area contributed by atoms with Crippen LogP contribution in [0.25, 0.3) is 11.1 Å². The molecule has 2 aromatic carbocycles. The second-order valence-corrected chi connectivity index (χ2v) is 7.34. The summed E-state index contributed by atoms with van der Waals surface area (Å²) in [4.78, 5) is 35.8. The van der Waals surface area contributed by atoms with Crippen LogP contribution in [0.2, 0.25) is 0 Å². The first-order valence-corrected chi connectivity index (χ1v) is 10.0. The van der Waals surface area contributed by atoms with Crippen LogP contribution in [0.3, 0.4) is 0 Å². The molecule has 1 aliphatic carbocycles. The van der Waals surface area contributed by atoms with Crippen LogP contribution >= 0.6 is 0 Å². The molecule has 1 aliphatic rings. The molecule has 1 atom stereocenters. The van der Waals surface area contributed by atoms with Gasteiger partial charge in [0.1, 0.15) is 6.54 Å². The normalized spacial score (nSPS) is 14.3. The number of amides is 1. The first kappa shape index (κ1) is 22.9. The number of methoxy groups -OCH3 is 3. The molecule has 32 heavy (non-hydrogen) atoms. The monoisotopic (exact) mass is 442 g/mol. The molecule has 0 radical (unpaired) electrons. The van der Waals surface area contributed by atoms with Gasteiger partial charge in [0.05, 0.1) is 33.1 Å². The van der Waals surface area contributed by atoms with Gasteiger partial charge in [-0.2, -0.15) is 0 Å². The van der Waals surface area contributed by atoms with Crippen molar-refractivity contribution in [3.05, 3.63) is 45.6 Å². The lowest BCUT2D eigenvalue weighted by atomic mass is 9.95. The van der Waals surface area contributed by atoms with Crippen molar-refractivity contribution in [3.8, 4) is 28.4 Å². The van der Waals surface area contributed by atoms with Crippen molar-refractivity contribution in [1.29, 1.82) is 0 Å². The highest BCUT2D eigenvalue weighted by molar-refractivity contribution is 5.84. The Labute approximate surface area is 185 Å². The maximum atomic E-state index is 12.9. The van der Waals surface area contributed by atoms with Gasteiger partial charge in [-0.05, 0) is 47.7 Å². The average Bonchev–Trinajstić information content (AvgIpc) is 2.99. The number of hydrogen-bond acceptors (Lipinski definition) is 7. The zero-order valence-electron chi connectivity index (χ0n) is 18.4. The van der Waals surface area contributed by atoms with Crippen LogP contribution in [-0.2, 0) is 16.0 Å². The van der Waals surface area contributed by atoms with E-state index in [1.807, 2.05) is 6.07 Å². The highest BCUT2D eigenvalue weighted by Gasteiger charge is 2.29. The van der Waals surface area contributed by atoms with E-state index < -0.39 is 18.6 Å². The van der Waals surface area contributed by atoms with Gasteiger partial charge >= 0.3 is 5.97 Å². The molecule has 9 heteroatoms. The van der Waals surface area contributed by atoms with Crippen LogP contribution in [0.15, 0.2) is 29.1 Å². The largest absolute Gasteiger partial charge is 0.493 e. The van der Waals surface area contributed by atoms with Crippen molar-refractivity contribution in [2.24, 2.45) is 0 Å². The zero-order valence-corrected chi connectivity index (χ0v) is 18.4. The molecular formula is C23H26N2O7. The summed E-state index contributed by atoms with van der Waals surface area (Å²) in [6, 6.07) is 6.15.